The summed E-state index contributed by atoms with van der Waals surface area (Å²) in [6.07, 6.45) is -0.622. The van der Waals surface area contributed by atoms with E-state index in [1.54, 1.807) is 17.0 Å². The SMILES string of the molecule is CN(C)Cc1ccc(C(=O)CCC(=O)N2CCN(c3ccc(N4C[C@H](CN)OC4=O)cc3F)CC2)cc1. The molecule has 2 heterocycles. The van der Waals surface area contributed by atoms with Gasteiger partial charge >= 0.3 is 6.09 Å². The molecular weight excluding hydrogens is 477 g/mol. The molecule has 2 saturated heterocycles. The van der Waals surface area contributed by atoms with E-state index in [1.807, 2.05) is 43.3 Å². The highest BCUT2D eigenvalue weighted by Gasteiger charge is 2.32. The van der Waals surface area contributed by atoms with Gasteiger partial charge in [0.1, 0.15) is 11.9 Å². The zero-order valence-corrected chi connectivity index (χ0v) is 21.4. The van der Waals surface area contributed by atoms with Gasteiger partial charge < -0.3 is 25.2 Å². The summed E-state index contributed by atoms with van der Waals surface area (Å²) in [6.45, 7) is 3.15. The Morgan fingerprint density at radius 3 is 2.35 bits per heavy atom. The number of nitrogens with two attached hydrogens (primary N) is 1. The molecule has 2 N–H and O–H groups in total. The number of anilines is 2. The fraction of sp³-hybridized carbons (Fsp3) is 0.444. The number of nitrogens with zero attached hydrogens (tertiary/aromatic N) is 4. The predicted molar refractivity (Wildman–Crippen MR) is 139 cm³/mol. The summed E-state index contributed by atoms with van der Waals surface area (Å²) in [7, 11) is 3.98. The molecule has 9 nitrogen and oxygen atoms in total. The van der Waals surface area contributed by atoms with Crippen LogP contribution in [-0.2, 0) is 16.1 Å². The van der Waals surface area contributed by atoms with E-state index in [0.29, 0.717) is 49.7 Å². The normalized spacial score (nSPS) is 17.9. The van der Waals surface area contributed by atoms with Gasteiger partial charge in [-0.3, -0.25) is 14.5 Å². The van der Waals surface area contributed by atoms with Crippen LogP contribution in [0.1, 0.15) is 28.8 Å². The molecule has 2 aromatic rings. The van der Waals surface area contributed by atoms with Crippen LogP contribution in [0.2, 0.25) is 0 Å². The molecule has 2 aliphatic heterocycles. The molecule has 2 amide bonds. The van der Waals surface area contributed by atoms with Gasteiger partial charge in [-0.05, 0) is 37.9 Å². The maximum absolute atomic E-state index is 14.9. The van der Waals surface area contributed by atoms with Crippen molar-refractivity contribution in [2.24, 2.45) is 5.73 Å². The monoisotopic (exact) mass is 511 g/mol. The molecule has 2 aliphatic rings. The highest BCUT2D eigenvalue weighted by Crippen LogP contribution is 2.28. The number of Topliss-reactive ketones (excluding diaryl/α,β-unsaturated/α-hetero) is 1. The van der Waals surface area contributed by atoms with Crippen LogP contribution in [0, 0.1) is 5.82 Å². The number of carbonyl (C=O) groups is 3. The van der Waals surface area contributed by atoms with Crippen LogP contribution in [0.4, 0.5) is 20.6 Å². The Balaban J connectivity index is 1.26. The molecule has 2 fully saturated rings. The first-order valence-corrected chi connectivity index (χ1v) is 12.5. The second kappa shape index (κ2) is 11.7. The Morgan fingerprint density at radius 1 is 1.05 bits per heavy atom. The quantitative estimate of drug-likeness (QED) is 0.517. The standard InChI is InChI=1S/C27H34FN5O4/c1-30(2)17-19-3-5-20(6-4-19)25(34)9-10-26(35)32-13-11-31(12-14-32)24-8-7-21(15-23(24)28)33-18-22(16-29)37-27(33)36/h3-8,15,22H,9-14,16-18,29H2,1-2H3/t22-/m0/s1. The lowest BCUT2D eigenvalue weighted by atomic mass is 10.0. The van der Waals surface area contributed by atoms with Crippen LogP contribution < -0.4 is 15.5 Å². The topological polar surface area (TPSA) is 99.4 Å². The van der Waals surface area contributed by atoms with E-state index in [4.69, 9.17) is 10.5 Å². The zero-order chi connectivity index (χ0) is 26.5. The second-order valence-corrected chi connectivity index (χ2v) is 9.71. The number of hydrogen-bond acceptors (Lipinski definition) is 7. The third-order valence-electron chi connectivity index (χ3n) is 6.69. The maximum atomic E-state index is 14.9. The van der Waals surface area contributed by atoms with E-state index in [2.05, 4.69) is 4.90 Å². The first-order chi connectivity index (χ1) is 17.7. The third-order valence-corrected chi connectivity index (χ3v) is 6.69. The Bertz CT molecular complexity index is 1130. The summed E-state index contributed by atoms with van der Waals surface area (Å²) < 4.78 is 20.1. The first-order valence-electron chi connectivity index (χ1n) is 12.5. The van der Waals surface area contributed by atoms with Gasteiger partial charge in [-0.25, -0.2) is 9.18 Å². The first kappa shape index (κ1) is 26.6. The average Bonchev–Trinajstić information content (AvgIpc) is 3.28. The number of amides is 2. The van der Waals surface area contributed by atoms with Crippen LogP contribution in [-0.4, -0.2) is 87.1 Å². The minimum Gasteiger partial charge on any atom is -0.443 e. The number of benzene rings is 2. The van der Waals surface area contributed by atoms with Crippen LogP contribution in [0.5, 0.6) is 0 Å². The molecule has 37 heavy (non-hydrogen) atoms. The van der Waals surface area contributed by atoms with E-state index < -0.39 is 18.0 Å². The molecule has 0 unspecified atom stereocenters. The maximum Gasteiger partial charge on any atom is 0.414 e. The smallest absolute Gasteiger partial charge is 0.414 e. The molecule has 2 aromatic carbocycles. The number of rotatable bonds is 9. The fourth-order valence-electron chi connectivity index (χ4n) is 4.66. The summed E-state index contributed by atoms with van der Waals surface area (Å²) in [5, 5.41) is 0. The highest BCUT2D eigenvalue weighted by atomic mass is 19.1. The summed E-state index contributed by atoms with van der Waals surface area (Å²) in [4.78, 5) is 44.3. The van der Waals surface area contributed by atoms with Crippen molar-refractivity contribution < 1.29 is 23.5 Å². The summed E-state index contributed by atoms with van der Waals surface area (Å²) in [6, 6.07) is 12.2. The average molecular weight is 512 g/mol. The Kier molecular flexibility index (Phi) is 8.40. The number of hydrogen-bond donors (Lipinski definition) is 1. The third kappa shape index (κ3) is 6.44. The molecule has 0 bridgehead atoms. The van der Waals surface area contributed by atoms with Crippen molar-refractivity contribution in [3.05, 3.63) is 59.4 Å². The number of ketones is 1. The molecule has 0 saturated carbocycles. The van der Waals surface area contributed by atoms with E-state index >= 15 is 0 Å². The van der Waals surface area contributed by atoms with E-state index in [1.165, 1.54) is 11.0 Å². The molecule has 1 atom stereocenters. The fourth-order valence-corrected chi connectivity index (χ4v) is 4.66. The van der Waals surface area contributed by atoms with Gasteiger partial charge in [0.15, 0.2) is 5.78 Å². The van der Waals surface area contributed by atoms with Gasteiger partial charge in [0.2, 0.25) is 5.91 Å². The van der Waals surface area contributed by atoms with Crippen molar-refractivity contribution in [3.63, 3.8) is 0 Å². The molecule has 0 spiro atoms. The molecule has 4 rings (SSSR count). The molecule has 0 aliphatic carbocycles. The lowest BCUT2D eigenvalue weighted by molar-refractivity contribution is -0.131. The molecule has 10 heteroatoms. The number of piperazine rings is 1. The molecule has 198 valence electrons. The minimum atomic E-state index is -0.533. The van der Waals surface area contributed by atoms with Crippen molar-refractivity contribution in [1.29, 1.82) is 0 Å². The van der Waals surface area contributed by atoms with Crippen LogP contribution in [0.3, 0.4) is 0 Å². The largest absolute Gasteiger partial charge is 0.443 e. The summed E-state index contributed by atoms with van der Waals surface area (Å²) in [5.74, 6) is -0.566. The number of halogens is 1. The van der Waals surface area contributed by atoms with E-state index in [9.17, 15) is 18.8 Å². The van der Waals surface area contributed by atoms with Gasteiger partial charge in [0.05, 0.1) is 17.9 Å². The molecule has 0 aromatic heterocycles. The van der Waals surface area contributed by atoms with Crippen LogP contribution in [0.15, 0.2) is 42.5 Å². The van der Waals surface area contributed by atoms with Crippen molar-refractivity contribution >= 4 is 29.2 Å². The molecule has 0 radical (unpaired) electrons. The van der Waals surface area contributed by atoms with Crippen LogP contribution in [0.25, 0.3) is 0 Å². The van der Waals surface area contributed by atoms with Crippen molar-refractivity contribution in [3.8, 4) is 0 Å². The number of ether oxygens (including phenoxy) is 1. The van der Waals surface area contributed by atoms with Crippen LogP contribution >= 0.6 is 0 Å². The van der Waals surface area contributed by atoms with Gasteiger partial charge in [-0.15, -0.1) is 0 Å². The highest BCUT2D eigenvalue weighted by molar-refractivity contribution is 5.98. The Labute approximate surface area is 216 Å². The number of carbonyl (C=O) groups excluding carboxylic acids is 3. The molecular formula is C27H34FN5O4. The van der Waals surface area contributed by atoms with Gasteiger partial charge in [0, 0.05) is 57.7 Å². The van der Waals surface area contributed by atoms with Gasteiger partial charge in [-0.2, -0.15) is 0 Å². The number of cyclic esters (lactones) is 1. The predicted octanol–water partition coefficient (Wildman–Crippen LogP) is 2.48. The van der Waals surface area contributed by atoms with Crippen molar-refractivity contribution in [1.82, 2.24) is 9.80 Å². The lowest BCUT2D eigenvalue weighted by Gasteiger charge is -2.36. The summed E-state index contributed by atoms with van der Waals surface area (Å²) >= 11 is 0. The minimum absolute atomic E-state index is 0.0507. The summed E-state index contributed by atoms with van der Waals surface area (Å²) in [5.41, 5.74) is 8.15. The van der Waals surface area contributed by atoms with Crippen molar-refractivity contribution in [2.75, 3.05) is 63.2 Å². The van der Waals surface area contributed by atoms with Gasteiger partial charge in [0.25, 0.3) is 0 Å². The van der Waals surface area contributed by atoms with Gasteiger partial charge in [-0.1, -0.05) is 24.3 Å². The van der Waals surface area contributed by atoms with E-state index in [0.717, 1.165) is 12.1 Å². The zero-order valence-electron chi connectivity index (χ0n) is 21.4. The van der Waals surface area contributed by atoms with E-state index in [-0.39, 0.29) is 31.1 Å². The Morgan fingerprint density at radius 2 is 1.76 bits per heavy atom. The lowest BCUT2D eigenvalue weighted by Crippen LogP contribution is -2.49. The van der Waals surface area contributed by atoms with Crippen molar-refractivity contribution in [2.45, 2.75) is 25.5 Å². The Hall–Kier alpha value is -3.50. The second-order valence-electron chi connectivity index (χ2n) is 9.71.